The normalized spacial score (nSPS) is 18.0. The number of nitrogens with zero attached hydrogens (tertiary/aromatic N) is 1. The lowest BCUT2D eigenvalue weighted by Gasteiger charge is -2.23. The third-order valence-electron chi connectivity index (χ3n) is 2.87. The van der Waals surface area contributed by atoms with Gasteiger partial charge in [-0.25, -0.2) is 0 Å². The summed E-state index contributed by atoms with van der Waals surface area (Å²) in [5, 5.41) is 0. The van der Waals surface area contributed by atoms with Crippen LogP contribution in [0.15, 0.2) is 0 Å². The summed E-state index contributed by atoms with van der Waals surface area (Å²) in [6.07, 6.45) is 5.49. The van der Waals surface area contributed by atoms with E-state index in [1.54, 1.807) is 0 Å². The minimum absolute atomic E-state index is 0.220. The Bertz CT molecular complexity index is 284. The fourth-order valence-corrected chi connectivity index (χ4v) is 2.01. The minimum Gasteiger partial charge on any atom is -0.449 e. The van der Waals surface area contributed by atoms with Gasteiger partial charge in [0.25, 0.3) is 0 Å². The summed E-state index contributed by atoms with van der Waals surface area (Å²) in [4.78, 5) is 13.3. The highest BCUT2D eigenvalue weighted by atomic mass is 16.5. The molecule has 1 saturated heterocycles. The fourth-order valence-electron chi connectivity index (χ4n) is 2.01. The first kappa shape index (κ1) is 14.1. The molecule has 1 rings (SSSR count). The molecule has 3 nitrogen and oxygen atoms in total. The van der Waals surface area contributed by atoms with Crippen molar-refractivity contribution < 1.29 is 9.53 Å². The van der Waals surface area contributed by atoms with Crippen molar-refractivity contribution in [1.29, 1.82) is 0 Å². The molecule has 0 saturated carbocycles. The second-order valence-electron chi connectivity index (χ2n) is 4.54. The van der Waals surface area contributed by atoms with Crippen LogP contribution in [0, 0.1) is 11.8 Å². The minimum atomic E-state index is -0.240. The molecule has 0 bridgehead atoms. The van der Waals surface area contributed by atoms with Crippen LogP contribution in [-0.4, -0.2) is 36.6 Å². The van der Waals surface area contributed by atoms with Crippen LogP contribution in [0.3, 0.4) is 0 Å². The van der Waals surface area contributed by atoms with Crippen LogP contribution >= 0.6 is 0 Å². The maximum absolute atomic E-state index is 10.9. The number of carbonyl (C=O) groups is 1. The number of piperidine rings is 1. The van der Waals surface area contributed by atoms with Crippen LogP contribution < -0.4 is 0 Å². The average Bonchev–Trinajstić information content (AvgIpc) is 2.30. The van der Waals surface area contributed by atoms with Crippen molar-refractivity contribution in [3.8, 4) is 11.8 Å². The SMILES string of the molecule is CCCC(C#CCN1CCCCC1)OC(C)=O. The van der Waals surface area contributed by atoms with E-state index < -0.39 is 0 Å². The Hall–Kier alpha value is -1.01. The lowest BCUT2D eigenvalue weighted by atomic mass is 10.1. The quantitative estimate of drug-likeness (QED) is 0.554. The van der Waals surface area contributed by atoms with Gasteiger partial charge in [-0.05, 0) is 32.4 Å². The molecule has 0 aromatic heterocycles. The predicted molar refractivity (Wildman–Crippen MR) is 68.5 cm³/mol. The van der Waals surface area contributed by atoms with Crippen molar-refractivity contribution in [3.63, 3.8) is 0 Å². The molecule has 1 aliphatic rings. The third kappa shape index (κ3) is 6.33. The van der Waals surface area contributed by atoms with Crippen LogP contribution in [0.5, 0.6) is 0 Å². The molecule has 1 fully saturated rings. The van der Waals surface area contributed by atoms with Gasteiger partial charge in [-0.15, -0.1) is 0 Å². The summed E-state index contributed by atoms with van der Waals surface area (Å²) in [5.41, 5.74) is 0. The molecule has 1 unspecified atom stereocenters. The highest BCUT2D eigenvalue weighted by Gasteiger charge is 2.09. The van der Waals surface area contributed by atoms with E-state index in [0.717, 1.165) is 32.5 Å². The first-order valence-corrected chi connectivity index (χ1v) is 6.60. The highest BCUT2D eigenvalue weighted by molar-refractivity contribution is 5.66. The summed E-state index contributed by atoms with van der Waals surface area (Å²) in [6.45, 7) is 6.63. The van der Waals surface area contributed by atoms with Crippen molar-refractivity contribution in [2.24, 2.45) is 0 Å². The zero-order valence-electron chi connectivity index (χ0n) is 11.0. The zero-order chi connectivity index (χ0) is 12.5. The van der Waals surface area contributed by atoms with E-state index >= 15 is 0 Å². The first-order valence-electron chi connectivity index (χ1n) is 6.60. The van der Waals surface area contributed by atoms with Crippen molar-refractivity contribution >= 4 is 5.97 Å². The Kier molecular flexibility index (Phi) is 6.73. The van der Waals surface area contributed by atoms with Gasteiger partial charge >= 0.3 is 5.97 Å². The Balaban J connectivity index is 2.34. The first-order chi connectivity index (χ1) is 8.22. The van der Waals surface area contributed by atoms with Crippen LogP contribution in [0.2, 0.25) is 0 Å². The molecule has 0 N–H and O–H groups in total. The summed E-state index contributed by atoms with van der Waals surface area (Å²) >= 11 is 0. The van der Waals surface area contributed by atoms with Gasteiger partial charge in [0.05, 0.1) is 6.54 Å². The average molecular weight is 237 g/mol. The van der Waals surface area contributed by atoms with Gasteiger partial charge in [0.2, 0.25) is 0 Å². The van der Waals surface area contributed by atoms with Gasteiger partial charge < -0.3 is 4.74 Å². The van der Waals surface area contributed by atoms with Crippen LogP contribution in [-0.2, 0) is 9.53 Å². The van der Waals surface area contributed by atoms with Crippen LogP contribution in [0.25, 0.3) is 0 Å². The number of ether oxygens (including phenoxy) is 1. The van der Waals surface area contributed by atoms with Gasteiger partial charge in [-0.1, -0.05) is 31.6 Å². The fraction of sp³-hybridized carbons (Fsp3) is 0.786. The number of rotatable bonds is 4. The Morgan fingerprint density at radius 3 is 2.65 bits per heavy atom. The van der Waals surface area contributed by atoms with Crippen molar-refractivity contribution in [2.75, 3.05) is 19.6 Å². The van der Waals surface area contributed by atoms with E-state index in [4.69, 9.17) is 4.74 Å². The summed E-state index contributed by atoms with van der Waals surface area (Å²) in [6, 6.07) is 0. The zero-order valence-corrected chi connectivity index (χ0v) is 11.0. The van der Waals surface area contributed by atoms with E-state index in [-0.39, 0.29) is 12.1 Å². The van der Waals surface area contributed by atoms with Gasteiger partial charge in [0.1, 0.15) is 0 Å². The monoisotopic (exact) mass is 237 g/mol. The molecule has 0 aliphatic carbocycles. The third-order valence-corrected chi connectivity index (χ3v) is 2.87. The number of hydrogen-bond donors (Lipinski definition) is 0. The van der Waals surface area contributed by atoms with Crippen molar-refractivity contribution in [2.45, 2.75) is 52.1 Å². The molecule has 3 heteroatoms. The van der Waals surface area contributed by atoms with Gasteiger partial charge in [0, 0.05) is 6.92 Å². The lowest BCUT2D eigenvalue weighted by molar-refractivity contribution is -0.143. The molecular formula is C14H23NO2. The van der Waals surface area contributed by atoms with Crippen LogP contribution in [0.4, 0.5) is 0 Å². The Morgan fingerprint density at radius 2 is 2.06 bits per heavy atom. The second-order valence-corrected chi connectivity index (χ2v) is 4.54. The molecule has 0 spiro atoms. The molecule has 1 atom stereocenters. The van der Waals surface area contributed by atoms with Crippen molar-refractivity contribution in [3.05, 3.63) is 0 Å². The van der Waals surface area contributed by atoms with Gasteiger partial charge in [0.15, 0.2) is 6.10 Å². The molecule has 1 aliphatic heterocycles. The van der Waals surface area contributed by atoms with E-state index in [0.29, 0.717) is 0 Å². The molecule has 0 radical (unpaired) electrons. The molecule has 0 aromatic carbocycles. The standard InChI is InChI=1S/C14H23NO2/c1-3-8-14(17-13(2)16)9-7-12-15-10-5-4-6-11-15/h14H,3-6,8,10-12H2,1-2H3. The predicted octanol–water partition coefficient (Wildman–Crippen LogP) is 2.21. The Labute approximate surface area is 105 Å². The number of likely N-dealkylation sites (tertiary alicyclic amines) is 1. The smallest absolute Gasteiger partial charge is 0.303 e. The van der Waals surface area contributed by atoms with E-state index in [1.807, 2.05) is 0 Å². The number of esters is 1. The van der Waals surface area contributed by atoms with Gasteiger partial charge in [-0.2, -0.15) is 0 Å². The topological polar surface area (TPSA) is 29.5 Å². The summed E-state index contributed by atoms with van der Waals surface area (Å²) < 4.78 is 5.15. The van der Waals surface area contributed by atoms with Crippen molar-refractivity contribution in [1.82, 2.24) is 4.90 Å². The molecule has 0 aromatic rings. The maximum atomic E-state index is 10.9. The number of carbonyl (C=O) groups excluding carboxylic acids is 1. The van der Waals surface area contributed by atoms with Gasteiger partial charge in [-0.3, -0.25) is 9.69 Å². The summed E-state index contributed by atoms with van der Waals surface area (Å²) in [5.74, 6) is 5.97. The van der Waals surface area contributed by atoms with E-state index in [1.165, 1.54) is 26.2 Å². The molecule has 96 valence electrons. The molecular weight excluding hydrogens is 214 g/mol. The largest absolute Gasteiger partial charge is 0.449 e. The van der Waals surface area contributed by atoms with Crippen LogP contribution in [0.1, 0.15) is 46.0 Å². The summed E-state index contributed by atoms with van der Waals surface area (Å²) in [7, 11) is 0. The van der Waals surface area contributed by atoms with E-state index in [9.17, 15) is 4.79 Å². The molecule has 17 heavy (non-hydrogen) atoms. The molecule has 0 amide bonds. The van der Waals surface area contributed by atoms with E-state index in [2.05, 4.69) is 23.7 Å². The maximum Gasteiger partial charge on any atom is 0.303 e. The second kappa shape index (κ2) is 8.14. The Morgan fingerprint density at radius 1 is 1.35 bits per heavy atom. The number of hydrogen-bond acceptors (Lipinski definition) is 3. The highest BCUT2D eigenvalue weighted by Crippen LogP contribution is 2.07. The lowest BCUT2D eigenvalue weighted by Crippen LogP contribution is -2.30. The molecule has 1 heterocycles.